The second kappa shape index (κ2) is 4.07. The zero-order valence-corrected chi connectivity index (χ0v) is 7.95. The van der Waals surface area contributed by atoms with Crippen molar-refractivity contribution >= 4 is 0 Å². The quantitative estimate of drug-likeness (QED) is 0.783. The first-order chi connectivity index (χ1) is 6.79. The zero-order valence-electron chi connectivity index (χ0n) is 7.95. The summed E-state index contributed by atoms with van der Waals surface area (Å²) in [6, 6.07) is 6.49. The predicted molar refractivity (Wildman–Crippen MR) is 52.3 cm³/mol. The minimum absolute atomic E-state index is 0.101. The molecule has 1 heterocycles. The van der Waals surface area contributed by atoms with Crippen LogP contribution in [0.5, 0.6) is 0 Å². The topological polar surface area (TPSA) is 35.2 Å². The van der Waals surface area contributed by atoms with Gasteiger partial charge in [-0.1, -0.05) is 12.1 Å². The third-order valence-corrected chi connectivity index (χ3v) is 2.61. The summed E-state index contributed by atoms with van der Waals surface area (Å²) in [4.78, 5) is 0. The Morgan fingerprint density at radius 1 is 1.29 bits per heavy atom. The van der Waals surface area contributed by atoms with Crippen molar-refractivity contribution in [1.29, 1.82) is 0 Å². The Labute approximate surface area is 82.9 Å². The number of hydrogen-bond acceptors (Lipinski definition) is 2. The summed E-state index contributed by atoms with van der Waals surface area (Å²) in [7, 11) is 0. The van der Waals surface area contributed by atoms with Gasteiger partial charge in [0.1, 0.15) is 5.82 Å². The minimum atomic E-state index is -0.206. The van der Waals surface area contributed by atoms with Crippen molar-refractivity contribution in [3.63, 3.8) is 0 Å². The van der Waals surface area contributed by atoms with Gasteiger partial charge in [0.15, 0.2) is 0 Å². The SMILES string of the molecule is NCC1CCC(c2ccc(F)cc2)O1. The smallest absolute Gasteiger partial charge is 0.123 e. The van der Waals surface area contributed by atoms with Crippen LogP contribution in [0.2, 0.25) is 0 Å². The molecule has 0 bridgehead atoms. The van der Waals surface area contributed by atoms with Gasteiger partial charge in [0.2, 0.25) is 0 Å². The van der Waals surface area contributed by atoms with Gasteiger partial charge in [-0.15, -0.1) is 0 Å². The van der Waals surface area contributed by atoms with E-state index < -0.39 is 0 Å². The van der Waals surface area contributed by atoms with Gasteiger partial charge in [-0.2, -0.15) is 0 Å². The van der Waals surface area contributed by atoms with Crippen LogP contribution < -0.4 is 5.73 Å². The predicted octanol–water partition coefficient (Wildman–Crippen LogP) is 2.00. The molecule has 1 fully saturated rings. The van der Waals surface area contributed by atoms with Gasteiger partial charge in [0, 0.05) is 6.54 Å². The summed E-state index contributed by atoms with van der Waals surface area (Å²) in [5.41, 5.74) is 6.56. The lowest BCUT2D eigenvalue weighted by Gasteiger charge is -2.12. The van der Waals surface area contributed by atoms with E-state index in [0.717, 1.165) is 18.4 Å². The van der Waals surface area contributed by atoms with Gasteiger partial charge in [0.25, 0.3) is 0 Å². The van der Waals surface area contributed by atoms with E-state index in [1.165, 1.54) is 12.1 Å². The molecular weight excluding hydrogens is 181 g/mol. The summed E-state index contributed by atoms with van der Waals surface area (Å²) < 4.78 is 18.3. The average molecular weight is 195 g/mol. The summed E-state index contributed by atoms with van der Waals surface area (Å²) in [5.74, 6) is -0.206. The molecule has 1 aromatic rings. The minimum Gasteiger partial charge on any atom is -0.369 e. The maximum absolute atomic E-state index is 12.7. The Balaban J connectivity index is 2.06. The van der Waals surface area contributed by atoms with E-state index in [1.54, 1.807) is 12.1 Å². The highest BCUT2D eigenvalue weighted by atomic mass is 19.1. The standard InChI is InChI=1S/C11H14FNO/c12-9-3-1-8(2-4-9)11-6-5-10(7-13)14-11/h1-4,10-11H,5-7,13H2. The van der Waals surface area contributed by atoms with Crippen LogP contribution in [0, 0.1) is 5.82 Å². The maximum atomic E-state index is 12.7. The first kappa shape index (κ1) is 9.62. The first-order valence-corrected chi connectivity index (χ1v) is 4.90. The molecule has 2 unspecified atom stereocenters. The number of rotatable bonds is 2. The molecule has 2 N–H and O–H groups in total. The van der Waals surface area contributed by atoms with E-state index in [9.17, 15) is 4.39 Å². The lowest BCUT2D eigenvalue weighted by molar-refractivity contribution is 0.0498. The molecule has 0 amide bonds. The molecule has 2 nitrogen and oxygen atoms in total. The molecule has 1 aromatic carbocycles. The summed E-state index contributed by atoms with van der Waals surface area (Å²) in [6.07, 6.45) is 2.25. The average Bonchev–Trinajstić information content (AvgIpc) is 2.67. The van der Waals surface area contributed by atoms with Gasteiger partial charge in [-0.25, -0.2) is 4.39 Å². The Kier molecular flexibility index (Phi) is 2.79. The van der Waals surface area contributed by atoms with Crippen molar-refractivity contribution in [3.8, 4) is 0 Å². The highest BCUT2D eigenvalue weighted by Gasteiger charge is 2.25. The summed E-state index contributed by atoms with van der Waals surface area (Å²) >= 11 is 0. The third kappa shape index (κ3) is 1.94. The monoisotopic (exact) mass is 195 g/mol. The lowest BCUT2D eigenvalue weighted by atomic mass is 10.1. The maximum Gasteiger partial charge on any atom is 0.123 e. The number of benzene rings is 1. The van der Waals surface area contributed by atoms with Crippen LogP contribution in [0.1, 0.15) is 24.5 Å². The third-order valence-electron chi connectivity index (χ3n) is 2.61. The van der Waals surface area contributed by atoms with E-state index in [-0.39, 0.29) is 18.0 Å². The van der Waals surface area contributed by atoms with E-state index in [0.29, 0.717) is 6.54 Å². The van der Waals surface area contributed by atoms with Gasteiger partial charge >= 0.3 is 0 Å². The number of hydrogen-bond donors (Lipinski definition) is 1. The van der Waals surface area contributed by atoms with Crippen LogP contribution in [0.25, 0.3) is 0 Å². The molecule has 2 atom stereocenters. The van der Waals surface area contributed by atoms with Crippen molar-refractivity contribution in [3.05, 3.63) is 35.6 Å². The molecule has 0 spiro atoms. The Morgan fingerprint density at radius 2 is 2.00 bits per heavy atom. The van der Waals surface area contributed by atoms with E-state index in [2.05, 4.69) is 0 Å². The number of nitrogens with two attached hydrogens (primary N) is 1. The summed E-state index contributed by atoms with van der Waals surface area (Å²) in [5, 5.41) is 0. The Bertz CT molecular complexity index is 299. The molecule has 1 aliphatic heterocycles. The van der Waals surface area contributed by atoms with Crippen LogP contribution in [-0.4, -0.2) is 12.6 Å². The molecule has 76 valence electrons. The molecule has 0 saturated carbocycles. The molecular formula is C11H14FNO. The number of ether oxygens (including phenoxy) is 1. The molecule has 0 aliphatic carbocycles. The molecule has 3 heteroatoms. The van der Waals surface area contributed by atoms with Gasteiger partial charge in [-0.3, -0.25) is 0 Å². The largest absolute Gasteiger partial charge is 0.369 e. The molecule has 1 saturated heterocycles. The summed E-state index contributed by atoms with van der Waals surface area (Å²) in [6.45, 7) is 0.567. The van der Waals surface area contributed by atoms with Crippen LogP contribution in [0.15, 0.2) is 24.3 Å². The highest BCUT2D eigenvalue weighted by molar-refractivity contribution is 5.19. The second-order valence-corrected chi connectivity index (χ2v) is 3.61. The Morgan fingerprint density at radius 3 is 2.57 bits per heavy atom. The fraction of sp³-hybridized carbons (Fsp3) is 0.455. The van der Waals surface area contributed by atoms with Crippen molar-refractivity contribution in [2.24, 2.45) is 5.73 Å². The van der Waals surface area contributed by atoms with Crippen molar-refractivity contribution in [2.45, 2.75) is 25.0 Å². The molecule has 0 aromatic heterocycles. The van der Waals surface area contributed by atoms with Crippen molar-refractivity contribution in [2.75, 3.05) is 6.54 Å². The fourth-order valence-electron chi connectivity index (χ4n) is 1.80. The van der Waals surface area contributed by atoms with Gasteiger partial charge < -0.3 is 10.5 Å². The van der Waals surface area contributed by atoms with Crippen LogP contribution in [-0.2, 0) is 4.74 Å². The van der Waals surface area contributed by atoms with Crippen LogP contribution >= 0.6 is 0 Å². The molecule has 1 aliphatic rings. The van der Waals surface area contributed by atoms with Gasteiger partial charge in [0.05, 0.1) is 12.2 Å². The molecule has 2 rings (SSSR count). The lowest BCUT2D eigenvalue weighted by Crippen LogP contribution is -2.18. The Hall–Kier alpha value is -0.930. The normalized spacial score (nSPS) is 26.7. The van der Waals surface area contributed by atoms with E-state index in [4.69, 9.17) is 10.5 Å². The van der Waals surface area contributed by atoms with Crippen LogP contribution in [0.4, 0.5) is 4.39 Å². The molecule has 14 heavy (non-hydrogen) atoms. The first-order valence-electron chi connectivity index (χ1n) is 4.90. The molecule has 0 radical (unpaired) electrons. The van der Waals surface area contributed by atoms with E-state index in [1.807, 2.05) is 0 Å². The van der Waals surface area contributed by atoms with Gasteiger partial charge in [-0.05, 0) is 30.5 Å². The van der Waals surface area contributed by atoms with Crippen molar-refractivity contribution < 1.29 is 9.13 Å². The highest BCUT2D eigenvalue weighted by Crippen LogP contribution is 2.32. The zero-order chi connectivity index (χ0) is 9.97. The van der Waals surface area contributed by atoms with Crippen LogP contribution in [0.3, 0.4) is 0 Å². The van der Waals surface area contributed by atoms with E-state index >= 15 is 0 Å². The second-order valence-electron chi connectivity index (χ2n) is 3.61. The fourth-order valence-corrected chi connectivity index (χ4v) is 1.80. The van der Waals surface area contributed by atoms with Crippen molar-refractivity contribution in [1.82, 2.24) is 0 Å². The number of halogens is 1.